The van der Waals surface area contributed by atoms with Crippen LogP contribution < -0.4 is 10.6 Å². The molecule has 0 fully saturated rings. The first kappa shape index (κ1) is 17.4. The van der Waals surface area contributed by atoms with Crippen molar-refractivity contribution >= 4 is 29.0 Å². The number of esters is 1. The van der Waals surface area contributed by atoms with Gasteiger partial charge >= 0.3 is 5.97 Å². The molecule has 1 aromatic carbocycles. The van der Waals surface area contributed by atoms with Crippen molar-refractivity contribution in [1.29, 1.82) is 0 Å². The fourth-order valence-corrected chi connectivity index (χ4v) is 1.92. The van der Waals surface area contributed by atoms with E-state index in [1.807, 2.05) is 27.1 Å². The van der Waals surface area contributed by atoms with Crippen molar-refractivity contribution in [3.63, 3.8) is 0 Å². The number of nitrogens with one attached hydrogen (secondary N) is 2. The number of nitrogens with zero attached hydrogens (tertiary/aromatic N) is 1. The molecular weight excluding hydrogens is 286 g/mol. The molecule has 0 bridgehead atoms. The lowest BCUT2D eigenvalue weighted by atomic mass is 10.1. The molecule has 6 heteroatoms. The number of ether oxygens (including phenoxy) is 1. The number of aryl methyl sites for hydroxylation is 1. The van der Waals surface area contributed by atoms with Gasteiger partial charge in [-0.1, -0.05) is 0 Å². The standard InChI is InChI=1S/C15H23N3O2S/c1-5-20-14(19)12-6-7-13(11(2)10-12)17-15(21)16-8-9-18(3)4/h6-7,10H,5,8-9H2,1-4H3,(H2,16,17,21). The zero-order chi connectivity index (χ0) is 15.8. The summed E-state index contributed by atoms with van der Waals surface area (Å²) in [5, 5.41) is 6.84. The Bertz CT molecular complexity index is 504. The van der Waals surface area contributed by atoms with Gasteiger partial charge in [0.2, 0.25) is 0 Å². The molecule has 0 heterocycles. The van der Waals surface area contributed by atoms with Crippen molar-refractivity contribution < 1.29 is 9.53 Å². The molecule has 0 radical (unpaired) electrons. The van der Waals surface area contributed by atoms with Crippen molar-refractivity contribution in [2.75, 3.05) is 39.1 Å². The van der Waals surface area contributed by atoms with E-state index in [9.17, 15) is 4.79 Å². The molecule has 0 aliphatic rings. The van der Waals surface area contributed by atoms with Crippen LogP contribution in [0.2, 0.25) is 0 Å². The molecule has 0 aliphatic carbocycles. The maximum absolute atomic E-state index is 11.7. The molecule has 1 rings (SSSR count). The molecule has 2 N–H and O–H groups in total. The van der Waals surface area contributed by atoms with Gasteiger partial charge in [-0.25, -0.2) is 4.79 Å². The molecule has 0 saturated carbocycles. The highest BCUT2D eigenvalue weighted by Gasteiger charge is 2.09. The predicted molar refractivity (Wildman–Crippen MR) is 89.9 cm³/mol. The summed E-state index contributed by atoms with van der Waals surface area (Å²) in [6.45, 7) is 5.77. The zero-order valence-electron chi connectivity index (χ0n) is 13.0. The summed E-state index contributed by atoms with van der Waals surface area (Å²) in [6.07, 6.45) is 0. The minimum atomic E-state index is -0.307. The summed E-state index contributed by atoms with van der Waals surface area (Å²) in [6, 6.07) is 5.36. The van der Waals surface area contributed by atoms with Crippen LogP contribution in [0.4, 0.5) is 5.69 Å². The molecule has 0 spiro atoms. The minimum Gasteiger partial charge on any atom is -0.462 e. The van der Waals surface area contributed by atoms with E-state index in [1.165, 1.54) is 0 Å². The monoisotopic (exact) mass is 309 g/mol. The Morgan fingerprint density at radius 3 is 2.67 bits per heavy atom. The lowest BCUT2D eigenvalue weighted by Gasteiger charge is -2.15. The van der Waals surface area contributed by atoms with Crippen LogP contribution in [0.1, 0.15) is 22.8 Å². The Hall–Kier alpha value is -1.66. The second-order valence-corrected chi connectivity index (χ2v) is 5.34. The highest BCUT2D eigenvalue weighted by Crippen LogP contribution is 2.17. The van der Waals surface area contributed by atoms with Crippen LogP contribution >= 0.6 is 12.2 Å². The summed E-state index contributed by atoms with van der Waals surface area (Å²) in [7, 11) is 4.02. The molecule has 21 heavy (non-hydrogen) atoms. The first-order valence-corrected chi connectivity index (χ1v) is 7.32. The predicted octanol–water partition coefficient (Wildman–Crippen LogP) is 2.02. The lowest BCUT2D eigenvalue weighted by Crippen LogP contribution is -2.34. The Kier molecular flexibility index (Phi) is 7.11. The second-order valence-electron chi connectivity index (χ2n) is 4.93. The van der Waals surface area contributed by atoms with Gasteiger partial charge < -0.3 is 20.3 Å². The maximum atomic E-state index is 11.7. The number of anilines is 1. The molecule has 0 saturated heterocycles. The molecule has 0 unspecified atom stereocenters. The van der Waals surface area contributed by atoms with Gasteiger partial charge in [-0.2, -0.15) is 0 Å². The molecule has 0 atom stereocenters. The highest BCUT2D eigenvalue weighted by atomic mass is 32.1. The van der Waals surface area contributed by atoms with Crippen LogP contribution in [0.15, 0.2) is 18.2 Å². The van der Waals surface area contributed by atoms with Crippen LogP contribution in [-0.4, -0.2) is 49.8 Å². The molecule has 5 nitrogen and oxygen atoms in total. The molecule has 0 aliphatic heterocycles. The number of hydrogen-bond acceptors (Lipinski definition) is 4. The molecular formula is C15H23N3O2S. The Morgan fingerprint density at radius 1 is 1.38 bits per heavy atom. The third kappa shape index (κ3) is 6.10. The van der Waals surface area contributed by atoms with Crippen LogP contribution in [0.5, 0.6) is 0 Å². The summed E-state index contributed by atoms with van der Waals surface area (Å²) >= 11 is 5.24. The second kappa shape index (κ2) is 8.59. The number of likely N-dealkylation sites (N-methyl/N-ethyl adjacent to an activating group) is 1. The molecule has 116 valence electrons. The van der Waals surface area contributed by atoms with Crippen molar-refractivity contribution in [1.82, 2.24) is 10.2 Å². The number of carbonyl (C=O) groups is 1. The van der Waals surface area contributed by atoms with E-state index < -0.39 is 0 Å². The summed E-state index contributed by atoms with van der Waals surface area (Å²) in [5.74, 6) is -0.307. The van der Waals surface area contributed by atoms with Crippen LogP contribution in [0, 0.1) is 6.92 Å². The van der Waals surface area contributed by atoms with Gasteiger partial charge in [0.15, 0.2) is 5.11 Å². The average Bonchev–Trinajstić information content (AvgIpc) is 2.41. The topological polar surface area (TPSA) is 53.6 Å². The third-order valence-electron chi connectivity index (χ3n) is 2.83. The van der Waals surface area contributed by atoms with Crippen LogP contribution in [-0.2, 0) is 4.74 Å². The number of rotatable bonds is 6. The van der Waals surface area contributed by atoms with Gasteiger partial charge in [-0.05, 0) is 63.9 Å². The van der Waals surface area contributed by atoms with E-state index in [4.69, 9.17) is 17.0 Å². The van der Waals surface area contributed by atoms with Gasteiger partial charge in [0.05, 0.1) is 12.2 Å². The van der Waals surface area contributed by atoms with E-state index in [1.54, 1.807) is 19.1 Å². The number of hydrogen-bond donors (Lipinski definition) is 2. The van der Waals surface area contributed by atoms with Gasteiger partial charge in [0, 0.05) is 18.8 Å². The van der Waals surface area contributed by atoms with Crippen molar-refractivity contribution in [2.24, 2.45) is 0 Å². The maximum Gasteiger partial charge on any atom is 0.338 e. The Balaban J connectivity index is 2.60. The van der Waals surface area contributed by atoms with Gasteiger partial charge in [0.25, 0.3) is 0 Å². The summed E-state index contributed by atoms with van der Waals surface area (Å²) in [4.78, 5) is 13.7. The molecule has 0 aromatic heterocycles. The van der Waals surface area contributed by atoms with E-state index in [2.05, 4.69) is 15.5 Å². The quantitative estimate of drug-likeness (QED) is 0.619. The summed E-state index contributed by atoms with van der Waals surface area (Å²) in [5.41, 5.74) is 2.37. The third-order valence-corrected chi connectivity index (χ3v) is 3.08. The Labute approximate surface area is 131 Å². The van der Waals surface area contributed by atoms with Gasteiger partial charge in [0.1, 0.15) is 0 Å². The van der Waals surface area contributed by atoms with Gasteiger partial charge in [-0.15, -0.1) is 0 Å². The van der Waals surface area contributed by atoms with E-state index in [0.717, 1.165) is 24.3 Å². The first-order valence-electron chi connectivity index (χ1n) is 6.91. The summed E-state index contributed by atoms with van der Waals surface area (Å²) < 4.78 is 4.98. The number of thiocarbonyl (C=S) groups is 1. The normalized spacial score (nSPS) is 10.3. The SMILES string of the molecule is CCOC(=O)c1ccc(NC(=S)NCCN(C)C)c(C)c1. The van der Waals surface area contributed by atoms with E-state index in [0.29, 0.717) is 17.3 Å². The lowest BCUT2D eigenvalue weighted by molar-refractivity contribution is 0.0526. The zero-order valence-corrected chi connectivity index (χ0v) is 13.8. The highest BCUT2D eigenvalue weighted by molar-refractivity contribution is 7.80. The number of carbonyl (C=O) groups excluding carboxylic acids is 1. The van der Waals surface area contributed by atoms with E-state index in [-0.39, 0.29) is 5.97 Å². The molecule has 1 aromatic rings. The van der Waals surface area contributed by atoms with Crippen molar-refractivity contribution in [3.05, 3.63) is 29.3 Å². The van der Waals surface area contributed by atoms with Crippen molar-refractivity contribution in [2.45, 2.75) is 13.8 Å². The smallest absolute Gasteiger partial charge is 0.338 e. The fraction of sp³-hybridized carbons (Fsp3) is 0.467. The number of benzene rings is 1. The van der Waals surface area contributed by atoms with Gasteiger partial charge in [-0.3, -0.25) is 0 Å². The molecule has 0 amide bonds. The fourth-order valence-electron chi connectivity index (χ4n) is 1.70. The van der Waals surface area contributed by atoms with Crippen LogP contribution in [0.25, 0.3) is 0 Å². The van der Waals surface area contributed by atoms with Crippen molar-refractivity contribution in [3.8, 4) is 0 Å². The van der Waals surface area contributed by atoms with Crippen LogP contribution in [0.3, 0.4) is 0 Å². The first-order chi connectivity index (χ1) is 9.93. The van der Waals surface area contributed by atoms with E-state index >= 15 is 0 Å². The average molecular weight is 309 g/mol. The largest absolute Gasteiger partial charge is 0.462 e. The minimum absolute atomic E-state index is 0.307. The Morgan fingerprint density at radius 2 is 2.10 bits per heavy atom.